The average Bonchev–Trinajstić information content (AvgIpc) is 2.57. The second-order valence-corrected chi connectivity index (χ2v) is 4.97. The van der Waals surface area contributed by atoms with Crippen molar-refractivity contribution in [3.63, 3.8) is 0 Å². The Labute approximate surface area is 108 Å². The van der Waals surface area contributed by atoms with Crippen LogP contribution in [0.5, 0.6) is 0 Å². The van der Waals surface area contributed by atoms with Gasteiger partial charge in [0, 0.05) is 18.8 Å². The molecule has 1 saturated heterocycles. The van der Waals surface area contributed by atoms with Crippen molar-refractivity contribution >= 4 is 17.3 Å². The Hall–Kier alpha value is -0.800. The van der Waals surface area contributed by atoms with Gasteiger partial charge in [-0.3, -0.25) is 4.98 Å². The summed E-state index contributed by atoms with van der Waals surface area (Å²) >= 11 is 6.13. The molecule has 0 aliphatic carbocycles. The summed E-state index contributed by atoms with van der Waals surface area (Å²) in [6, 6.07) is 2.35. The summed E-state index contributed by atoms with van der Waals surface area (Å²) in [5, 5.41) is 4.27. The molecule has 0 amide bonds. The number of nitrogens with zero attached hydrogens (tertiary/aromatic N) is 2. The van der Waals surface area contributed by atoms with Crippen molar-refractivity contribution in [2.24, 2.45) is 0 Å². The molecule has 0 spiro atoms. The molecule has 4 heteroatoms. The van der Waals surface area contributed by atoms with Crippen molar-refractivity contribution in [3.8, 4) is 0 Å². The minimum absolute atomic E-state index is 0.522. The summed E-state index contributed by atoms with van der Waals surface area (Å²) in [6.45, 7) is 5.77. The molecule has 2 rings (SSSR count). The highest BCUT2D eigenvalue weighted by molar-refractivity contribution is 6.33. The van der Waals surface area contributed by atoms with Gasteiger partial charge in [0.1, 0.15) is 0 Å². The quantitative estimate of drug-likeness (QED) is 0.898. The Bertz CT molecular complexity index is 356. The zero-order valence-corrected chi connectivity index (χ0v) is 11.1. The van der Waals surface area contributed by atoms with E-state index in [9.17, 15) is 0 Å². The molecule has 94 valence electrons. The largest absolute Gasteiger partial charge is 0.380 e. The third-order valence-corrected chi connectivity index (χ3v) is 3.73. The van der Waals surface area contributed by atoms with Gasteiger partial charge in [0.2, 0.25) is 0 Å². The Morgan fingerprint density at radius 3 is 3.12 bits per heavy atom. The van der Waals surface area contributed by atoms with Gasteiger partial charge in [-0.25, -0.2) is 0 Å². The van der Waals surface area contributed by atoms with Crippen molar-refractivity contribution in [3.05, 3.63) is 23.5 Å². The number of likely N-dealkylation sites (tertiary alicyclic amines) is 1. The average molecular weight is 254 g/mol. The van der Waals surface area contributed by atoms with Crippen LogP contribution in [0, 0.1) is 0 Å². The van der Waals surface area contributed by atoms with E-state index in [4.69, 9.17) is 11.6 Å². The summed E-state index contributed by atoms with van der Waals surface area (Å²) in [5.74, 6) is 0. The molecule has 17 heavy (non-hydrogen) atoms. The summed E-state index contributed by atoms with van der Waals surface area (Å²) in [5.41, 5.74) is 0.962. The van der Waals surface area contributed by atoms with Crippen LogP contribution >= 0.6 is 11.6 Å². The lowest BCUT2D eigenvalue weighted by atomic mass is 10.1. The predicted molar refractivity (Wildman–Crippen MR) is 72.6 cm³/mol. The molecule has 1 N–H and O–H groups in total. The third kappa shape index (κ3) is 3.58. The fourth-order valence-corrected chi connectivity index (χ4v) is 2.48. The predicted octanol–water partition coefficient (Wildman–Crippen LogP) is 3.02. The summed E-state index contributed by atoms with van der Waals surface area (Å²) in [7, 11) is 0. The lowest BCUT2D eigenvalue weighted by molar-refractivity contribution is 0.300. The number of aromatic nitrogens is 1. The Morgan fingerprint density at radius 1 is 1.47 bits per heavy atom. The van der Waals surface area contributed by atoms with E-state index in [2.05, 4.69) is 22.1 Å². The number of rotatable bonds is 3. The van der Waals surface area contributed by atoms with Crippen LogP contribution in [0.25, 0.3) is 0 Å². The molecule has 1 fully saturated rings. The SMILES string of the molecule is CCN1CCCC(Nc2cnccc2Cl)CC1. The van der Waals surface area contributed by atoms with E-state index >= 15 is 0 Å². The van der Waals surface area contributed by atoms with Gasteiger partial charge in [0.05, 0.1) is 16.9 Å². The van der Waals surface area contributed by atoms with Crippen LogP contribution in [0.3, 0.4) is 0 Å². The molecule has 0 aromatic carbocycles. The zero-order chi connectivity index (χ0) is 12.1. The normalized spacial score (nSPS) is 22.1. The zero-order valence-electron chi connectivity index (χ0n) is 10.3. The maximum atomic E-state index is 6.13. The van der Waals surface area contributed by atoms with Gasteiger partial charge in [-0.2, -0.15) is 0 Å². The molecule has 0 bridgehead atoms. The maximum Gasteiger partial charge on any atom is 0.0718 e. The highest BCUT2D eigenvalue weighted by Gasteiger charge is 2.16. The molecular formula is C13H20ClN3. The van der Waals surface area contributed by atoms with E-state index in [1.54, 1.807) is 6.20 Å². The molecule has 1 aromatic rings. The number of nitrogens with one attached hydrogen (secondary N) is 1. The first kappa shape index (κ1) is 12.7. The molecule has 0 radical (unpaired) electrons. The first-order valence-corrected chi connectivity index (χ1v) is 6.75. The summed E-state index contributed by atoms with van der Waals surface area (Å²) < 4.78 is 0. The Kier molecular flexibility index (Phi) is 4.63. The second-order valence-electron chi connectivity index (χ2n) is 4.56. The van der Waals surface area contributed by atoms with Crippen molar-refractivity contribution < 1.29 is 0 Å². The molecule has 1 aliphatic heterocycles. The second kappa shape index (κ2) is 6.22. The lowest BCUT2D eigenvalue weighted by Gasteiger charge is -2.19. The van der Waals surface area contributed by atoms with Crippen molar-refractivity contribution in [1.82, 2.24) is 9.88 Å². The standard InChI is InChI=1S/C13H20ClN3/c1-2-17-8-3-4-11(6-9-17)16-13-10-15-7-5-12(13)14/h5,7,10-11,16H,2-4,6,8-9H2,1H3. The maximum absolute atomic E-state index is 6.13. The van der Waals surface area contributed by atoms with Crippen LogP contribution in [-0.4, -0.2) is 35.6 Å². The third-order valence-electron chi connectivity index (χ3n) is 3.40. The molecule has 1 unspecified atom stereocenters. The highest BCUT2D eigenvalue weighted by Crippen LogP contribution is 2.22. The Balaban J connectivity index is 1.93. The number of hydrogen-bond acceptors (Lipinski definition) is 3. The van der Waals surface area contributed by atoms with Crippen molar-refractivity contribution in [2.75, 3.05) is 25.0 Å². The number of anilines is 1. The van der Waals surface area contributed by atoms with E-state index in [1.165, 1.54) is 32.4 Å². The van der Waals surface area contributed by atoms with Crippen LogP contribution in [0.15, 0.2) is 18.5 Å². The van der Waals surface area contributed by atoms with Crippen LogP contribution < -0.4 is 5.32 Å². The molecule has 1 aliphatic rings. The van der Waals surface area contributed by atoms with Crippen molar-refractivity contribution in [2.45, 2.75) is 32.2 Å². The Morgan fingerprint density at radius 2 is 2.35 bits per heavy atom. The minimum atomic E-state index is 0.522. The van der Waals surface area contributed by atoms with E-state index in [1.807, 2.05) is 12.3 Å². The fourth-order valence-electron chi connectivity index (χ4n) is 2.32. The first-order chi connectivity index (χ1) is 8.29. The molecule has 1 aromatic heterocycles. The van der Waals surface area contributed by atoms with E-state index in [0.717, 1.165) is 17.3 Å². The fraction of sp³-hybridized carbons (Fsp3) is 0.615. The lowest BCUT2D eigenvalue weighted by Crippen LogP contribution is -2.26. The van der Waals surface area contributed by atoms with Crippen LogP contribution in [0.2, 0.25) is 5.02 Å². The van der Waals surface area contributed by atoms with Crippen molar-refractivity contribution in [1.29, 1.82) is 0 Å². The van der Waals surface area contributed by atoms with E-state index in [-0.39, 0.29) is 0 Å². The molecule has 3 nitrogen and oxygen atoms in total. The number of pyridine rings is 1. The van der Waals surface area contributed by atoms with Gasteiger partial charge in [0.25, 0.3) is 0 Å². The van der Waals surface area contributed by atoms with Gasteiger partial charge in [-0.15, -0.1) is 0 Å². The van der Waals surface area contributed by atoms with Crippen LogP contribution in [0.4, 0.5) is 5.69 Å². The molecule has 1 atom stereocenters. The van der Waals surface area contributed by atoms with E-state index < -0.39 is 0 Å². The summed E-state index contributed by atoms with van der Waals surface area (Å²) in [4.78, 5) is 6.61. The van der Waals surface area contributed by atoms with Gasteiger partial charge < -0.3 is 10.2 Å². The monoisotopic (exact) mass is 253 g/mol. The number of halogens is 1. The van der Waals surface area contributed by atoms with Gasteiger partial charge in [-0.1, -0.05) is 18.5 Å². The van der Waals surface area contributed by atoms with Gasteiger partial charge in [-0.05, 0) is 38.4 Å². The summed E-state index contributed by atoms with van der Waals surface area (Å²) in [6.07, 6.45) is 7.18. The molecule has 0 saturated carbocycles. The van der Waals surface area contributed by atoms with Gasteiger partial charge >= 0.3 is 0 Å². The van der Waals surface area contributed by atoms with Gasteiger partial charge in [0.15, 0.2) is 0 Å². The first-order valence-electron chi connectivity index (χ1n) is 6.38. The van der Waals surface area contributed by atoms with Crippen LogP contribution in [0.1, 0.15) is 26.2 Å². The minimum Gasteiger partial charge on any atom is -0.380 e. The molecular weight excluding hydrogens is 234 g/mol. The highest BCUT2D eigenvalue weighted by atomic mass is 35.5. The number of hydrogen-bond donors (Lipinski definition) is 1. The van der Waals surface area contributed by atoms with E-state index in [0.29, 0.717) is 6.04 Å². The van der Waals surface area contributed by atoms with Crippen LogP contribution in [-0.2, 0) is 0 Å². The smallest absolute Gasteiger partial charge is 0.0718 e. The molecule has 2 heterocycles. The topological polar surface area (TPSA) is 28.2 Å².